The highest BCUT2D eigenvalue weighted by molar-refractivity contribution is 5.93. The number of benzene rings is 2. The molecule has 9 nitrogen and oxygen atoms in total. The predicted octanol–water partition coefficient (Wildman–Crippen LogP) is 4.43. The van der Waals surface area contributed by atoms with E-state index in [0.717, 1.165) is 23.3 Å². The number of carbonyl (C=O) groups is 1. The molecule has 2 atom stereocenters. The second-order valence-corrected chi connectivity index (χ2v) is 9.78. The first-order valence-electron chi connectivity index (χ1n) is 12.5. The first-order chi connectivity index (χ1) is 18.3. The van der Waals surface area contributed by atoms with E-state index in [0.29, 0.717) is 36.3 Å². The van der Waals surface area contributed by atoms with Gasteiger partial charge >= 0.3 is 0 Å². The fraction of sp³-hybridized carbons (Fsp3) is 0.321. The summed E-state index contributed by atoms with van der Waals surface area (Å²) in [5, 5.41) is 3.21. The number of carbonyl (C=O) groups excluding carboxylic acids is 1. The topological polar surface area (TPSA) is 84.8 Å². The zero-order chi connectivity index (χ0) is 26.8. The minimum atomic E-state index is -0.295. The van der Waals surface area contributed by atoms with Gasteiger partial charge in [-0.2, -0.15) is 0 Å². The van der Waals surface area contributed by atoms with Gasteiger partial charge in [-0.1, -0.05) is 0 Å². The van der Waals surface area contributed by atoms with Crippen molar-refractivity contribution in [3.8, 4) is 11.5 Å². The molecule has 0 radical (unpaired) electrons. The summed E-state index contributed by atoms with van der Waals surface area (Å²) >= 11 is 0. The molecule has 1 saturated heterocycles. The Morgan fingerprint density at radius 2 is 1.92 bits per heavy atom. The van der Waals surface area contributed by atoms with E-state index in [1.807, 2.05) is 55.7 Å². The van der Waals surface area contributed by atoms with Crippen molar-refractivity contribution < 1.29 is 18.7 Å². The molecule has 5 rings (SSSR count). The monoisotopic (exact) mass is 518 g/mol. The number of amides is 1. The third kappa shape index (κ3) is 5.61. The van der Waals surface area contributed by atoms with Gasteiger partial charge in [-0.05, 0) is 63.5 Å². The number of pyridine rings is 1. The molecule has 2 aromatic carbocycles. The van der Waals surface area contributed by atoms with Gasteiger partial charge in [0.1, 0.15) is 23.0 Å². The summed E-state index contributed by atoms with van der Waals surface area (Å²) in [6.07, 6.45) is 1.53. The van der Waals surface area contributed by atoms with Gasteiger partial charge in [-0.3, -0.25) is 9.78 Å². The number of ether oxygens (including phenoxy) is 2. The smallest absolute Gasteiger partial charge is 0.272 e. The third-order valence-corrected chi connectivity index (χ3v) is 6.47. The molecular formula is C28H31FN6O3. The number of anilines is 2. The largest absolute Gasteiger partial charge is 0.457 e. The molecule has 0 aliphatic carbocycles. The van der Waals surface area contributed by atoms with Crippen LogP contribution in [0.15, 0.2) is 60.8 Å². The number of morpholine rings is 1. The fourth-order valence-corrected chi connectivity index (χ4v) is 4.51. The van der Waals surface area contributed by atoms with Gasteiger partial charge in [0.05, 0.1) is 29.8 Å². The minimum absolute atomic E-state index is 0.0443. The van der Waals surface area contributed by atoms with Crippen LogP contribution in [0.1, 0.15) is 17.4 Å². The Bertz CT molecular complexity index is 1440. The van der Waals surface area contributed by atoms with Crippen molar-refractivity contribution >= 4 is 28.6 Å². The average molecular weight is 519 g/mol. The molecule has 10 heteroatoms. The third-order valence-electron chi connectivity index (χ3n) is 6.47. The van der Waals surface area contributed by atoms with Crippen LogP contribution >= 0.6 is 0 Å². The summed E-state index contributed by atoms with van der Waals surface area (Å²) in [6, 6.07) is 15.1. The zero-order valence-corrected chi connectivity index (χ0v) is 21.9. The quantitative estimate of drug-likeness (QED) is 0.387. The number of fused-ring (bicyclic) bond motifs is 1. The summed E-state index contributed by atoms with van der Waals surface area (Å²) in [5.74, 6) is 1.27. The van der Waals surface area contributed by atoms with Crippen LogP contribution in [-0.2, 0) is 11.8 Å². The molecule has 3 heterocycles. The van der Waals surface area contributed by atoms with Crippen molar-refractivity contribution in [3.05, 3.63) is 72.3 Å². The van der Waals surface area contributed by atoms with Gasteiger partial charge in [-0.15, -0.1) is 0 Å². The van der Waals surface area contributed by atoms with E-state index in [4.69, 9.17) is 9.47 Å². The molecule has 1 amide bonds. The molecule has 198 valence electrons. The Morgan fingerprint density at radius 3 is 2.68 bits per heavy atom. The van der Waals surface area contributed by atoms with Gasteiger partial charge in [-0.25, -0.2) is 9.37 Å². The maximum Gasteiger partial charge on any atom is 0.272 e. The van der Waals surface area contributed by atoms with E-state index in [1.54, 1.807) is 30.5 Å². The minimum Gasteiger partial charge on any atom is -0.457 e. The van der Waals surface area contributed by atoms with Crippen LogP contribution in [0, 0.1) is 5.82 Å². The van der Waals surface area contributed by atoms with Crippen molar-refractivity contribution in [2.45, 2.75) is 19.1 Å². The lowest BCUT2D eigenvalue weighted by Gasteiger charge is -2.38. The maximum atomic E-state index is 13.3. The van der Waals surface area contributed by atoms with Gasteiger partial charge in [0.2, 0.25) is 5.95 Å². The van der Waals surface area contributed by atoms with E-state index in [9.17, 15) is 9.18 Å². The SMILES string of the molecule is CC1COC(CN(C)C)CN1C(=O)c1cc(Oc2ccc3c(c2)nc(Nc2ccc(F)cc2)n3C)ccn1. The second kappa shape index (κ2) is 10.8. The molecule has 2 unspecified atom stereocenters. The Hall–Kier alpha value is -4.02. The van der Waals surface area contributed by atoms with Crippen LogP contribution in [-0.4, -0.2) is 76.2 Å². The standard InChI is InChI=1S/C28H31FN6O3/c1-18-17-37-23(15-33(2)3)16-35(18)27(36)25-14-22(11-12-30-25)38-21-9-10-26-24(13-21)32-28(34(26)4)31-20-7-5-19(29)6-8-20/h5-14,18,23H,15-17H2,1-4H3,(H,31,32). The number of hydrogen-bond acceptors (Lipinski definition) is 7. The Kier molecular flexibility index (Phi) is 7.26. The normalized spacial score (nSPS) is 17.7. The molecule has 1 fully saturated rings. The molecule has 0 saturated carbocycles. The average Bonchev–Trinajstić information content (AvgIpc) is 3.20. The zero-order valence-electron chi connectivity index (χ0n) is 21.9. The number of likely N-dealkylation sites (N-methyl/N-ethyl adjacent to an activating group) is 1. The molecule has 1 N–H and O–H groups in total. The van der Waals surface area contributed by atoms with Crippen LogP contribution in [0.2, 0.25) is 0 Å². The van der Waals surface area contributed by atoms with E-state index >= 15 is 0 Å². The van der Waals surface area contributed by atoms with Gasteiger partial charge < -0.3 is 29.2 Å². The van der Waals surface area contributed by atoms with E-state index in [1.165, 1.54) is 12.1 Å². The summed E-state index contributed by atoms with van der Waals surface area (Å²) < 4.78 is 27.1. The summed E-state index contributed by atoms with van der Waals surface area (Å²) in [5.41, 5.74) is 2.69. The number of hydrogen-bond donors (Lipinski definition) is 1. The van der Waals surface area contributed by atoms with Crippen molar-refractivity contribution in [1.29, 1.82) is 0 Å². The number of imidazole rings is 1. The maximum absolute atomic E-state index is 13.3. The molecule has 4 aromatic rings. The highest BCUT2D eigenvalue weighted by atomic mass is 19.1. The summed E-state index contributed by atoms with van der Waals surface area (Å²) in [7, 11) is 5.88. The van der Waals surface area contributed by atoms with Crippen LogP contribution in [0.3, 0.4) is 0 Å². The molecule has 1 aliphatic rings. The molecule has 1 aliphatic heterocycles. The predicted molar refractivity (Wildman–Crippen MR) is 144 cm³/mol. The van der Waals surface area contributed by atoms with Crippen LogP contribution < -0.4 is 10.1 Å². The summed E-state index contributed by atoms with van der Waals surface area (Å²) in [6.45, 7) is 3.72. The molecule has 38 heavy (non-hydrogen) atoms. The van der Waals surface area contributed by atoms with Crippen molar-refractivity contribution in [1.82, 2.24) is 24.3 Å². The number of halogens is 1. The number of nitrogens with one attached hydrogen (secondary N) is 1. The molecule has 0 spiro atoms. The number of rotatable bonds is 7. The number of aryl methyl sites for hydroxylation is 1. The fourth-order valence-electron chi connectivity index (χ4n) is 4.51. The lowest BCUT2D eigenvalue weighted by Crippen LogP contribution is -2.53. The van der Waals surface area contributed by atoms with Crippen LogP contribution in [0.5, 0.6) is 11.5 Å². The Balaban J connectivity index is 1.32. The number of aromatic nitrogens is 3. The summed E-state index contributed by atoms with van der Waals surface area (Å²) in [4.78, 5) is 26.2. The number of nitrogens with zero attached hydrogens (tertiary/aromatic N) is 5. The Labute approximate surface area is 220 Å². The Morgan fingerprint density at radius 1 is 1.16 bits per heavy atom. The van der Waals surface area contributed by atoms with E-state index in [2.05, 4.69) is 20.2 Å². The van der Waals surface area contributed by atoms with Gasteiger partial charge in [0, 0.05) is 44.2 Å². The van der Waals surface area contributed by atoms with Crippen LogP contribution in [0.25, 0.3) is 11.0 Å². The highest BCUT2D eigenvalue weighted by Crippen LogP contribution is 2.28. The van der Waals surface area contributed by atoms with Gasteiger partial charge in [0.15, 0.2) is 0 Å². The lowest BCUT2D eigenvalue weighted by molar-refractivity contribution is -0.0548. The van der Waals surface area contributed by atoms with Crippen molar-refractivity contribution in [2.75, 3.05) is 39.1 Å². The van der Waals surface area contributed by atoms with Crippen LogP contribution in [0.4, 0.5) is 16.0 Å². The first kappa shape index (κ1) is 25.6. The van der Waals surface area contributed by atoms with E-state index < -0.39 is 0 Å². The highest BCUT2D eigenvalue weighted by Gasteiger charge is 2.31. The van der Waals surface area contributed by atoms with Crippen molar-refractivity contribution in [3.63, 3.8) is 0 Å². The first-order valence-corrected chi connectivity index (χ1v) is 12.5. The lowest BCUT2D eigenvalue weighted by atomic mass is 10.1. The van der Waals surface area contributed by atoms with Gasteiger partial charge in [0.25, 0.3) is 5.91 Å². The molecular weight excluding hydrogens is 487 g/mol. The molecule has 0 bridgehead atoms. The van der Waals surface area contributed by atoms with Crippen molar-refractivity contribution in [2.24, 2.45) is 7.05 Å². The second-order valence-electron chi connectivity index (χ2n) is 9.78. The van der Waals surface area contributed by atoms with E-state index in [-0.39, 0.29) is 23.9 Å². The molecule has 2 aromatic heterocycles.